The van der Waals surface area contributed by atoms with Crippen molar-refractivity contribution < 1.29 is 32.6 Å². The summed E-state index contributed by atoms with van der Waals surface area (Å²) in [6, 6.07) is 13.8. The lowest BCUT2D eigenvalue weighted by Gasteiger charge is -2.18. The summed E-state index contributed by atoms with van der Waals surface area (Å²) in [6.07, 6.45) is 4.60. The van der Waals surface area contributed by atoms with Gasteiger partial charge < -0.3 is 19.2 Å². The number of aromatic nitrogens is 2. The Labute approximate surface area is 214 Å². The van der Waals surface area contributed by atoms with Gasteiger partial charge in [0.1, 0.15) is 31.0 Å². The number of amides is 1. The molecule has 0 atom stereocenters. The number of benzene rings is 2. The van der Waals surface area contributed by atoms with Gasteiger partial charge in [0.2, 0.25) is 0 Å². The van der Waals surface area contributed by atoms with Crippen LogP contribution in [0.4, 0.5) is 8.78 Å². The standard InChI is InChI=1S/C26H21F2N3O5S/c1-37-24-11-22(28)21(27)10-20(24)16-2-4-18(5-3-16)35-14-19-6-7-23(36-19)26(34)31(13-25(32)33)12-17-8-9-29-15-30-17/h2-11,15H,12-14H2,1H3,(H,32,33). The SMILES string of the molecule is CSc1cc(F)c(F)cc1-c1ccc(OCc2ccc(C(=O)N(CC(=O)O)Cc3ccncn3)o2)cc1. The maximum atomic E-state index is 13.8. The third-order valence-electron chi connectivity index (χ3n) is 5.27. The molecule has 4 rings (SSSR count). The summed E-state index contributed by atoms with van der Waals surface area (Å²) >= 11 is 1.31. The molecule has 190 valence electrons. The Balaban J connectivity index is 1.41. The molecule has 0 saturated heterocycles. The van der Waals surface area contributed by atoms with Crippen molar-refractivity contribution in [3.8, 4) is 16.9 Å². The summed E-state index contributed by atoms with van der Waals surface area (Å²) in [5, 5.41) is 9.21. The number of carboxylic acids is 1. The van der Waals surface area contributed by atoms with Crippen molar-refractivity contribution in [2.24, 2.45) is 0 Å². The van der Waals surface area contributed by atoms with Gasteiger partial charge in [0.15, 0.2) is 17.4 Å². The number of carbonyl (C=O) groups excluding carboxylic acids is 1. The van der Waals surface area contributed by atoms with Gasteiger partial charge in [0, 0.05) is 11.1 Å². The first-order chi connectivity index (χ1) is 17.8. The Morgan fingerprint density at radius 1 is 1.08 bits per heavy atom. The second-order valence-corrected chi connectivity index (χ2v) is 8.65. The number of nitrogens with zero attached hydrogens (tertiary/aromatic N) is 3. The highest BCUT2D eigenvalue weighted by Gasteiger charge is 2.22. The molecule has 0 saturated carbocycles. The lowest BCUT2D eigenvalue weighted by molar-refractivity contribution is -0.137. The van der Waals surface area contributed by atoms with E-state index in [-0.39, 0.29) is 18.9 Å². The highest BCUT2D eigenvalue weighted by atomic mass is 32.2. The molecular weight excluding hydrogens is 504 g/mol. The van der Waals surface area contributed by atoms with Crippen molar-refractivity contribution in [2.45, 2.75) is 18.0 Å². The van der Waals surface area contributed by atoms with Crippen LogP contribution in [0.1, 0.15) is 22.0 Å². The average Bonchev–Trinajstić information content (AvgIpc) is 3.38. The monoisotopic (exact) mass is 525 g/mol. The Kier molecular flexibility index (Phi) is 8.14. The van der Waals surface area contributed by atoms with Gasteiger partial charge in [-0.25, -0.2) is 18.7 Å². The van der Waals surface area contributed by atoms with E-state index in [4.69, 9.17) is 9.15 Å². The lowest BCUT2D eigenvalue weighted by Crippen LogP contribution is -2.35. The van der Waals surface area contributed by atoms with E-state index in [0.717, 1.165) is 11.0 Å². The van der Waals surface area contributed by atoms with Gasteiger partial charge in [0.05, 0.1) is 12.2 Å². The van der Waals surface area contributed by atoms with E-state index in [1.165, 1.54) is 36.4 Å². The number of thioether (sulfide) groups is 1. The number of carbonyl (C=O) groups is 2. The van der Waals surface area contributed by atoms with E-state index in [1.54, 1.807) is 42.7 Å². The second kappa shape index (κ2) is 11.7. The maximum Gasteiger partial charge on any atom is 0.323 e. The number of hydrogen-bond acceptors (Lipinski definition) is 7. The molecule has 0 aliphatic heterocycles. The third-order valence-corrected chi connectivity index (χ3v) is 6.05. The summed E-state index contributed by atoms with van der Waals surface area (Å²) in [7, 11) is 0. The van der Waals surface area contributed by atoms with Crippen molar-refractivity contribution in [2.75, 3.05) is 12.8 Å². The van der Waals surface area contributed by atoms with Crippen LogP contribution in [-0.4, -0.2) is 44.7 Å². The van der Waals surface area contributed by atoms with E-state index in [2.05, 4.69) is 9.97 Å². The minimum atomic E-state index is -1.17. The molecule has 8 nitrogen and oxygen atoms in total. The van der Waals surface area contributed by atoms with Crippen molar-refractivity contribution in [1.29, 1.82) is 0 Å². The van der Waals surface area contributed by atoms with Gasteiger partial charge in [-0.1, -0.05) is 12.1 Å². The number of carboxylic acid groups (broad SMARTS) is 1. The maximum absolute atomic E-state index is 13.8. The van der Waals surface area contributed by atoms with E-state index < -0.39 is 30.1 Å². The van der Waals surface area contributed by atoms with Crippen LogP contribution in [0.25, 0.3) is 11.1 Å². The van der Waals surface area contributed by atoms with Crippen LogP contribution in [0.3, 0.4) is 0 Å². The second-order valence-electron chi connectivity index (χ2n) is 7.80. The summed E-state index contributed by atoms with van der Waals surface area (Å²) in [5.74, 6) is -2.78. The molecule has 37 heavy (non-hydrogen) atoms. The first kappa shape index (κ1) is 25.8. The number of ether oxygens (including phenoxy) is 1. The van der Waals surface area contributed by atoms with Crippen LogP contribution in [-0.2, 0) is 17.9 Å². The smallest absolute Gasteiger partial charge is 0.323 e. The highest BCUT2D eigenvalue weighted by Crippen LogP contribution is 2.33. The Morgan fingerprint density at radius 3 is 2.51 bits per heavy atom. The fourth-order valence-electron chi connectivity index (χ4n) is 3.50. The van der Waals surface area contributed by atoms with Crippen LogP contribution in [0, 0.1) is 11.6 Å². The highest BCUT2D eigenvalue weighted by molar-refractivity contribution is 7.98. The molecule has 0 unspecified atom stereocenters. The number of furan rings is 1. The summed E-state index contributed by atoms with van der Waals surface area (Å²) in [6.45, 7) is -0.542. The van der Waals surface area contributed by atoms with Crippen LogP contribution in [0.2, 0.25) is 0 Å². The van der Waals surface area contributed by atoms with Gasteiger partial charge in [-0.2, -0.15) is 0 Å². The number of rotatable bonds is 10. The zero-order valence-electron chi connectivity index (χ0n) is 19.6. The third kappa shape index (κ3) is 6.50. The predicted molar refractivity (Wildman–Crippen MR) is 131 cm³/mol. The average molecular weight is 526 g/mol. The molecule has 0 aliphatic rings. The molecule has 2 aromatic heterocycles. The van der Waals surface area contributed by atoms with Crippen LogP contribution < -0.4 is 4.74 Å². The number of halogens is 2. The Bertz CT molecular complexity index is 1400. The molecular formula is C26H21F2N3O5S. The molecule has 1 N–H and O–H groups in total. The van der Waals surface area contributed by atoms with Crippen LogP contribution in [0.5, 0.6) is 5.75 Å². The molecule has 2 aromatic carbocycles. The molecule has 2 heterocycles. The largest absolute Gasteiger partial charge is 0.486 e. The first-order valence-corrected chi connectivity index (χ1v) is 12.2. The van der Waals surface area contributed by atoms with Crippen molar-refractivity contribution in [3.63, 3.8) is 0 Å². The van der Waals surface area contributed by atoms with Crippen LogP contribution >= 0.6 is 11.8 Å². The summed E-state index contributed by atoms with van der Waals surface area (Å²) < 4.78 is 38.7. The predicted octanol–water partition coefficient (Wildman–Crippen LogP) is 5.04. The fourth-order valence-corrected chi connectivity index (χ4v) is 4.12. The molecule has 0 aliphatic carbocycles. The van der Waals surface area contributed by atoms with Crippen molar-refractivity contribution in [3.05, 3.63) is 96.0 Å². The minimum absolute atomic E-state index is 0.0126. The van der Waals surface area contributed by atoms with Gasteiger partial charge >= 0.3 is 5.97 Å². The summed E-state index contributed by atoms with van der Waals surface area (Å²) in [4.78, 5) is 33.7. The number of hydrogen-bond donors (Lipinski definition) is 1. The van der Waals surface area contributed by atoms with E-state index in [9.17, 15) is 23.5 Å². The normalized spacial score (nSPS) is 10.8. The van der Waals surface area contributed by atoms with Gasteiger partial charge in [-0.15, -0.1) is 11.8 Å². The topological polar surface area (TPSA) is 106 Å². The van der Waals surface area contributed by atoms with Crippen molar-refractivity contribution >= 4 is 23.6 Å². The zero-order valence-corrected chi connectivity index (χ0v) is 20.4. The Morgan fingerprint density at radius 2 is 1.84 bits per heavy atom. The van der Waals surface area contributed by atoms with Gasteiger partial charge in [-0.3, -0.25) is 9.59 Å². The van der Waals surface area contributed by atoms with Crippen molar-refractivity contribution in [1.82, 2.24) is 14.9 Å². The molecule has 0 bridgehead atoms. The lowest BCUT2D eigenvalue weighted by atomic mass is 10.1. The molecule has 4 aromatic rings. The fraction of sp³-hybridized carbons (Fsp3) is 0.154. The molecule has 0 spiro atoms. The Hall–Kier alpha value is -4.25. The molecule has 11 heteroatoms. The van der Waals surface area contributed by atoms with E-state index in [1.807, 2.05) is 0 Å². The van der Waals surface area contributed by atoms with E-state index >= 15 is 0 Å². The quantitative estimate of drug-likeness (QED) is 0.287. The van der Waals surface area contributed by atoms with Gasteiger partial charge in [0.25, 0.3) is 5.91 Å². The van der Waals surface area contributed by atoms with Crippen LogP contribution in [0.15, 0.2) is 76.4 Å². The molecule has 0 radical (unpaired) electrons. The number of aliphatic carboxylic acids is 1. The first-order valence-electron chi connectivity index (χ1n) is 10.9. The minimum Gasteiger partial charge on any atom is -0.486 e. The van der Waals surface area contributed by atoms with E-state index in [0.29, 0.717) is 33.2 Å². The van der Waals surface area contributed by atoms with Gasteiger partial charge in [-0.05, 0) is 59.8 Å². The zero-order chi connectivity index (χ0) is 26.4. The molecule has 1 amide bonds. The summed E-state index contributed by atoms with van der Waals surface area (Å²) in [5.41, 5.74) is 1.75. The molecule has 0 fully saturated rings.